The first-order valence-electron chi connectivity index (χ1n) is 6.81. The van der Waals surface area contributed by atoms with E-state index in [2.05, 4.69) is 19.2 Å². The van der Waals surface area contributed by atoms with Crippen molar-refractivity contribution in [1.29, 1.82) is 0 Å². The highest BCUT2D eigenvalue weighted by Gasteiger charge is 2.39. The predicted octanol–water partition coefficient (Wildman–Crippen LogP) is 1.69. The van der Waals surface area contributed by atoms with Gasteiger partial charge < -0.3 is 10.1 Å². The number of nitrogens with one attached hydrogen (secondary N) is 1. The molecule has 3 nitrogen and oxygen atoms in total. The van der Waals surface area contributed by atoms with E-state index in [0.717, 1.165) is 25.9 Å². The van der Waals surface area contributed by atoms with Crippen LogP contribution in [0.2, 0.25) is 0 Å². The fourth-order valence-electron chi connectivity index (χ4n) is 3.16. The SMILES string of the molecule is CNC1CCC(C)CC1S(=O)C1CCOC1C. The minimum atomic E-state index is -0.750. The highest BCUT2D eigenvalue weighted by Crippen LogP contribution is 2.31. The molecule has 0 aromatic heterocycles. The van der Waals surface area contributed by atoms with Crippen LogP contribution in [0.4, 0.5) is 0 Å². The highest BCUT2D eigenvalue weighted by molar-refractivity contribution is 7.86. The molecule has 4 heteroatoms. The Morgan fingerprint density at radius 3 is 2.53 bits per heavy atom. The predicted molar refractivity (Wildman–Crippen MR) is 71.6 cm³/mol. The van der Waals surface area contributed by atoms with Gasteiger partial charge in [0.1, 0.15) is 0 Å². The normalized spacial score (nSPS) is 44.8. The molecule has 6 atom stereocenters. The lowest BCUT2D eigenvalue weighted by Gasteiger charge is -2.35. The molecule has 6 unspecified atom stereocenters. The molecule has 0 bridgehead atoms. The third kappa shape index (κ3) is 2.91. The fourth-order valence-corrected chi connectivity index (χ4v) is 5.51. The highest BCUT2D eigenvalue weighted by atomic mass is 32.2. The Kier molecular flexibility index (Phi) is 4.61. The van der Waals surface area contributed by atoms with E-state index in [1.165, 1.54) is 6.42 Å². The molecule has 2 fully saturated rings. The van der Waals surface area contributed by atoms with Gasteiger partial charge in [0.15, 0.2) is 0 Å². The molecule has 2 rings (SSSR count). The maximum Gasteiger partial charge on any atom is 0.0691 e. The summed E-state index contributed by atoms with van der Waals surface area (Å²) in [7, 11) is 1.25. The van der Waals surface area contributed by atoms with Gasteiger partial charge in [0, 0.05) is 23.4 Å². The second-order valence-corrected chi connectivity index (χ2v) is 7.45. The first-order valence-corrected chi connectivity index (χ1v) is 8.09. The zero-order chi connectivity index (χ0) is 12.4. The van der Waals surface area contributed by atoms with Gasteiger partial charge in [-0.1, -0.05) is 6.92 Å². The number of rotatable bonds is 3. The van der Waals surface area contributed by atoms with Crippen LogP contribution in [0.5, 0.6) is 0 Å². The molecular formula is C13H25NO2S. The molecule has 100 valence electrons. The Morgan fingerprint density at radius 1 is 1.18 bits per heavy atom. The van der Waals surface area contributed by atoms with E-state index in [0.29, 0.717) is 17.2 Å². The average Bonchev–Trinajstić information content (AvgIpc) is 2.74. The van der Waals surface area contributed by atoms with E-state index in [4.69, 9.17) is 4.74 Å². The second-order valence-electron chi connectivity index (χ2n) is 5.58. The van der Waals surface area contributed by atoms with Crippen LogP contribution in [-0.4, -0.2) is 40.5 Å². The maximum absolute atomic E-state index is 12.7. The monoisotopic (exact) mass is 259 g/mol. The van der Waals surface area contributed by atoms with Crippen molar-refractivity contribution in [3.63, 3.8) is 0 Å². The molecule has 2 aliphatic rings. The summed E-state index contributed by atoms with van der Waals surface area (Å²) in [5, 5.41) is 3.93. The van der Waals surface area contributed by atoms with E-state index in [1.807, 2.05) is 7.05 Å². The minimum Gasteiger partial charge on any atom is -0.377 e. The third-order valence-corrected chi connectivity index (χ3v) is 6.66. The average molecular weight is 259 g/mol. The van der Waals surface area contributed by atoms with Crippen molar-refractivity contribution in [2.24, 2.45) is 5.92 Å². The summed E-state index contributed by atoms with van der Waals surface area (Å²) >= 11 is 0. The van der Waals surface area contributed by atoms with Crippen LogP contribution in [0.15, 0.2) is 0 Å². The van der Waals surface area contributed by atoms with E-state index < -0.39 is 10.8 Å². The summed E-state index contributed by atoms with van der Waals surface area (Å²) in [4.78, 5) is 0. The standard InChI is InChI=1S/C13H25NO2S/c1-9-4-5-11(14-3)13(8-9)17(15)12-6-7-16-10(12)2/h9-14H,4-8H2,1-3H3. The first-order chi connectivity index (χ1) is 8.13. The summed E-state index contributed by atoms with van der Waals surface area (Å²) in [6.45, 7) is 5.13. The zero-order valence-electron chi connectivity index (χ0n) is 11.1. The quantitative estimate of drug-likeness (QED) is 0.838. The second kappa shape index (κ2) is 5.81. The lowest BCUT2D eigenvalue weighted by molar-refractivity contribution is 0.126. The van der Waals surface area contributed by atoms with Gasteiger partial charge in [-0.15, -0.1) is 0 Å². The smallest absolute Gasteiger partial charge is 0.0691 e. The Bertz CT molecular complexity index is 285. The van der Waals surface area contributed by atoms with Crippen LogP contribution in [0, 0.1) is 5.92 Å². The van der Waals surface area contributed by atoms with Crippen molar-refractivity contribution in [3.05, 3.63) is 0 Å². The van der Waals surface area contributed by atoms with Gasteiger partial charge in [0.05, 0.1) is 16.6 Å². The van der Waals surface area contributed by atoms with E-state index in [9.17, 15) is 4.21 Å². The first kappa shape index (κ1) is 13.5. The van der Waals surface area contributed by atoms with Crippen LogP contribution in [0.3, 0.4) is 0 Å². The van der Waals surface area contributed by atoms with Crippen LogP contribution in [0.1, 0.15) is 39.5 Å². The van der Waals surface area contributed by atoms with Crippen molar-refractivity contribution in [2.45, 2.75) is 62.2 Å². The zero-order valence-corrected chi connectivity index (χ0v) is 12.0. The molecule has 0 radical (unpaired) electrons. The van der Waals surface area contributed by atoms with Gasteiger partial charge in [-0.3, -0.25) is 4.21 Å². The van der Waals surface area contributed by atoms with Crippen LogP contribution >= 0.6 is 0 Å². The molecule has 1 saturated heterocycles. The van der Waals surface area contributed by atoms with Gasteiger partial charge in [-0.25, -0.2) is 0 Å². The maximum atomic E-state index is 12.7. The molecular weight excluding hydrogens is 234 g/mol. The fraction of sp³-hybridized carbons (Fsp3) is 1.00. The van der Waals surface area contributed by atoms with Gasteiger partial charge in [-0.05, 0) is 45.6 Å². The summed E-state index contributed by atoms with van der Waals surface area (Å²) in [6, 6.07) is 0.430. The van der Waals surface area contributed by atoms with Crippen LogP contribution in [0.25, 0.3) is 0 Å². The Hall–Kier alpha value is 0.0700. The molecule has 0 amide bonds. The molecule has 0 spiro atoms. The van der Waals surface area contributed by atoms with Gasteiger partial charge >= 0.3 is 0 Å². The van der Waals surface area contributed by atoms with Crippen LogP contribution in [-0.2, 0) is 15.5 Å². The Morgan fingerprint density at radius 2 is 1.94 bits per heavy atom. The summed E-state index contributed by atoms with van der Waals surface area (Å²) in [6.07, 6.45) is 4.66. The van der Waals surface area contributed by atoms with Gasteiger partial charge in [0.2, 0.25) is 0 Å². The number of hydrogen-bond donors (Lipinski definition) is 1. The molecule has 1 aliphatic carbocycles. The van der Waals surface area contributed by atoms with Crippen molar-refractivity contribution >= 4 is 10.8 Å². The molecule has 1 saturated carbocycles. The number of ether oxygens (including phenoxy) is 1. The lowest BCUT2D eigenvalue weighted by Crippen LogP contribution is -2.47. The molecule has 0 aromatic rings. The third-order valence-electron chi connectivity index (χ3n) is 4.33. The van der Waals surface area contributed by atoms with E-state index in [1.54, 1.807) is 0 Å². The molecule has 1 heterocycles. The molecule has 1 aliphatic heterocycles. The van der Waals surface area contributed by atoms with E-state index in [-0.39, 0.29) is 11.4 Å². The van der Waals surface area contributed by atoms with Gasteiger partial charge in [0.25, 0.3) is 0 Å². The number of hydrogen-bond acceptors (Lipinski definition) is 3. The largest absolute Gasteiger partial charge is 0.377 e. The molecule has 0 aromatic carbocycles. The lowest BCUT2D eigenvalue weighted by atomic mass is 9.87. The summed E-state index contributed by atoms with van der Waals surface area (Å²) in [5.74, 6) is 0.714. The minimum absolute atomic E-state index is 0.172. The van der Waals surface area contributed by atoms with E-state index >= 15 is 0 Å². The summed E-state index contributed by atoms with van der Waals surface area (Å²) in [5.41, 5.74) is 0. The van der Waals surface area contributed by atoms with Crippen molar-refractivity contribution in [1.82, 2.24) is 5.32 Å². The molecule has 1 N–H and O–H groups in total. The molecule has 17 heavy (non-hydrogen) atoms. The van der Waals surface area contributed by atoms with Crippen molar-refractivity contribution in [3.8, 4) is 0 Å². The van der Waals surface area contributed by atoms with Crippen LogP contribution < -0.4 is 5.32 Å². The van der Waals surface area contributed by atoms with Gasteiger partial charge in [-0.2, -0.15) is 0 Å². The van der Waals surface area contributed by atoms with Crippen molar-refractivity contribution < 1.29 is 8.95 Å². The Balaban J connectivity index is 2.05. The topological polar surface area (TPSA) is 38.3 Å². The van der Waals surface area contributed by atoms with Crippen molar-refractivity contribution in [2.75, 3.05) is 13.7 Å². The summed E-state index contributed by atoms with van der Waals surface area (Å²) < 4.78 is 18.3. The Labute approximate surface area is 107 Å².